The quantitative estimate of drug-likeness (QED) is 0.323. The summed E-state index contributed by atoms with van der Waals surface area (Å²) in [4.78, 5) is 34.3. The molecule has 1 aliphatic rings. The van der Waals surface area contributed by atoms with Crippen LogP contribution in [-0.2, 0) is 13.0 Å². The van der Waals surface area contributed by atoms with Crippen LogP contribution in [0.15, 0.2) is 78.9 Å². The molecule has 0 atom stereocenters. The second-order valence-electron chi connectivity index (χ2n) is 10.3. The van der Waals surface area contributed by atoms with Crippen LogP contribution < -0.4 is 10.2 Å². The number of H-pyrrole nitrogens is 1. The van der Waals surface area contributed by atoms with Crippen molar-refractivity contribution in [3.8, 4) is 11.1 Å². The second kappa shape index (κ2) is 11.1. The first-order chi connectivity index (χ1) is 18.4. The minimum Gasteiger partial charge on any atom is -0.359 e. The van der Waals surface area contributed by atoms with Gasteiger partial charge in [-0.2, -0.15) is 0 Å². The van der Waals surface area contributed by atoms with Gasteiger partial charge in [0.2, 0.25) is 0 Å². The Morgan fingerprint density at radius 2 is 1.68 bits per heavy atom. The number of aryl methyl sites for hydroxylation is 2. The van der Waals surface area contributed by atoms with E-state index >= 15 is 0 Å². The number of fused-ring (bicyclic) bond motifs is 1. The number of anilines is 2. The highest BCUT2D eigenvalue weighted by Crippen LogP contribution is 2.30. The van der Waals surface area contributed by atoms with Crippen LogP contribution in [-0.4, -0.2) is 42.3 Å². The number of rotatable bonds is 6. The largest absolute Gasteiger partial charge is 0.359 e. The average Bonchev–Trinajstić information content (AvgIpc) is 3.19. The molecule has 0 radical (unpaired) electrons. The van der Waals surface area contributed by atoms with Crippen LogP contribution in [0.2, 0.25) is 0 Å². The molecule has 5 rings (SSSR count). The molecule has 0 saturated carbocycles. The van der Waals surface area contributed by atoms with Gasteiger partial charge in [0.15, 0.2) is 0 Å². The third-order valence-electron chi connectivity index (χ3n) is 6.94. The Balaban J connectivity index is 1.33. The number of hydrogen-bond acceptors (Lipinski definition) is 3. The maximum Gasteiger partial charge on any atom is 0.258 e. The van der Waals surface area contributed by atoms with Crippen LogP contribution in [0.3, 0.4) is 0 Å². The van der Waals surface area contributed by atoms with Crippen LogP contribution in [0.5, 0.6) is 0 Å². The lowest BCUT2D eigenvalue weighted by Gasteiger charge is -2.21. The van der Waals surface area contributed by atoms with Crippen LogP contribution in [0, 0.1) is 6.92 Å². The number of amides is 2. The number of hydrogen-bond donors (Lipinski definition) is 2. The van der Waals surface area contributed by atoms with E-state index in [-0.39, 0.29) is 11.8 Å². The molecule has 0 saturated heterocycles. The minimum atomic E-state index is -0.182. The number of carbonyl (C=O) groups excluding carboxylic acids is 2. The fraction of sp³-hybridized carbons (Fsp3) is 0.250. The fourth-order valence-electron chi connectivity index (χ4n) is 5.02. The molecule has 1 aromatic heterocycles. The Kier molecular flexibility index (Phi) is 7.43. The first-order valence-electron chi connectivity index (χ1n) is 13.1. The number of nitrogens with zero attached hydrogens (tertiary/aromatic N) is 2. The van der Waals surface area contributed by atoms with Crippen LogP contribution in [0.1, 0.15) is 50.5 Å². The maximum absolute atomic E-state index is 13.5. The van der Waals surface area contributed by atoms with Crippen molar-refractivity contribution in [1.82, 2.24) is 9.88 Å². The van der Waals surface area contributed by atoms with E-state index in [1.807, 2.05) is 74.4 Å². The highest BCUT2D eigenvalue weighted by atomic mass is 16.2. The lowest BCUT2D eigenvalue weighted by molar-refractivity contribution is 0.0985. The highest BCUT2D eigenvalue weighted by molar-refractivity contribution is 6.09. The Morgan fingerprint density at radius 1 is 0.947 bits per heavy atom. The molecule has 2 N–H and O–H groups in total. The smallest absolute Gasteiger partial charge is 0.258 e. The molecule has 0 fully saturated rings. The van der Waals surface area contributed by atoms with E-state index in [4.69, 9.17) is 0 Å². The summed E-state index contributed by atoms with van der Waals surface area (Å²) >= 11 is 0. The summed E-state index contributed by atoms with van der Waals surface area (Å²) in [5.74, 6) is -0.204. The molecule has 0 bridgehead atoms. The van der Waals surface area contributed by atoms with E-state index in [2.05, 4.69) is 21.3 Å². The first kappa shape index (κ1) is 25.5. The van der Waals surface area contributed by atoms with Gasteiger partial charge in [0, 0.05) is 41.3 Å². The molecular weight excluding hydrogens is 472 g/mol. The molecule has 0 spiro atoms. The molecule has 3 aromatic carbocycles. The van der Waals surface area contributed by atoms with Gasteiger partial charge in [-0.15, -0.1) is 0 Å². The van der Waals surface area contributed by atoms with Crippen LogP contribution >= 0.6 is 0 Å². The van der Waals surface area contributed by atoms with Gasteiger partial charge in [-0.25, -0.2) is 0 Å². The van der Waals surface area contributed by atoms with Crippen molar-refractivity contribution in [3.05, 3.63) is 107 Å². The third kappa shape index (κ3) is 5.55. The van der Waals surface area contributed by atoms with E-state index in [1.165, 1.54) is 5.56 Å². The number of nitrogens with one attached hydrogen (secondary N) is 2. The van der Waals surface area contributed by atoms with E-state index in [0.29, 0.717) is 23.4 Å². The van der Waals surface area contributed by atoms with E-state index in [1.54, 1.807) is 24.3 Å². The molecule has 194 valence electrons. The topological polar surface area (TPSA) is 68.4 Å². The zero-order chi connectivity index (χ0) is 26.6. The highest BCUT2D eigenvalue weighted by Gasteiger charge is 2.24. The summed E-state index contributed by atoms with van der Waals surface area (Å²) in [6.45, 7) is 3.54. The van der Waals surface area contributed by atoms with Gasteiger partial charge in [0.05, 0.1) is 5.69 Å². The fourth-order valence-corrected chi connectivity index (χ4v) is 5.02. The maximum atomic E-state index is 13.5. The summed E-state index contributed by atoms with van der Waals surface area (Å²) in [7, 11) is 4.08. The molecule has 6 nitrogen and oxygen atoms in total. The summed E-state index contributed by atoms with van der Waals surface area (Å²) in [6, 6.07) is 25.1. The molecular formula is C32H34N4O2. The SMILES string of the molecule is Cc1ccc(-c2ccccc2C(=O)Nc2ccc(C(=O)N3CCCCc4[nH]c(CN(C)C)cc43)cc2)cc1. The molecule has 0 unspecified atom stereocenters. The van der Waals surface area contributed by atoms with Crippen molar-refractivity contribution >= 4 is 23.2 Å². The van der Waals surface area contributed by atoms with Crippen molar-refractivity contribution in [2.75, 3.05) is 30.9 Å². The lowest BCUT2D eigenvalue weighted by Crippen LogP contribution is -2.31. The molecule has 38 heavy (non-hydrogen) atoms. The summed E-state index contributed by atoms with van der Waals surface area (Å²) < 4.78 is 0. The summed E-state index contributed by atoms with van der Waals surface area (Å²) in [6.07, 6.45) is 2.96. The van der Waals surface area contributed by atoms with E-state index in [0.717, 1.165) is 54.0 Å². The van der Waals surface area contributed by atoms with Crippen molar-refractivity contribution in [1.29, 1.82) is 0 Å². The van der Waals surface area contributed by atoms with Crippen molar-refractivity contribution in [2.45, 2.75) is 32.7 Å². The molecule has 6 heteroatoms. The monoisotopic (exact) mass is 506 g/mol. The second-order valence-corrected chi connectivity index (χ2v) is 10.3. The Morgan fingerprint density at radius 3 is 2.42 bits per heavy atom. The predicted octanol–water partition coefficient (Wildman–Crippen LogP) is 6.29. The Bertz CT molecular complexity index is 1440. The van der Waals surface area contributed by atoms with E-state index in [9.17, 15) is 9.59 Å². The van der Waals surface area contributed by atoms with Gasteiger partial charge in [-0.05, 0) is 87.8 Å². The number of aromatic nitrogens is 1. The standard InChI is InChI=1S/C32H34N4O2/c1-22-11-13-23(14-12-22)27-8-4-5-9-28(27)31(37)34-25-17-15-24(16-18-25)32(38)36-19-7-6-10-29-30(36)20-26(33-29)21-35(2)3/h4-5,8-9,11-18,20,33H,6-7,10,19,21H2,1-3H3,(H,34,37). The van der Waals surface area contributed by atoms with Gasteiger partial charge in [-0.1, -0.05) is 48.0 Å². The van der Waals surface area contributed by atoms with Crippen molar-refractivity contribution in [3.63, 3.8) is 0 Å². The summed E-state index contributed by atoms with van der Waals surface area (Å²) in [5.41, 5.74) is 8.14. The lowest BCUT2D eigenvalue weighted by atomic mass is 9.98. The van der Waals surface area contributed by atoms with Crippen LogP contribution in [0.25, 0.3) is 11.1 Å². The third-order valence-corrected chi connectivity index (χ3v) is 6.94. The normalized spacial score (nSPS) is 13.2. The Labute approximate surface area is 224 Å². The average molecular weight is 507 g/mol. The molecule has 2 amide bonds. The molecule has 2 heterocycles. The first-order valence-corrected chi connectivity index (χ1v) is 13.1. The van der Waals surface area contributed by atoms with Crippen molar-refractivity contribution in [2.24, 2.45) is 0 Å². The zero-order valence-electron chi connectivity index (χ0n) is 22.3. The van der Waals surface area contributed by atoms with Crippen molar-refractivity contribution < 1.29 is 9.59 Å². The minimum absolute atomic E-state index is 0.0221. The number of aromatic amines is 1. The molecule has 1 aliphatic heterocycles. The predicted molar refractivity (Wildman–Crippen MR) is 154 cm³/mol. The number of carbonyl (C=O) groups is 2. The molecule has 4 aromatic rings. The van der Waals surface area contributed by atoms with E-state index < -0.39 is 0 Å². The van der Waals surface area contributed by atoms with Gasteiger partial charge in [-0.3, -0.25) is 9.59 Å². The number of benzene rings is 3. The Hall–Kier alpha value is -4.16. The van der Waals surface area contributed by atoms with Gasteiger partial charge in [0.1, 0.15) is 0 Å². The van der Waals surface area contributed by atoms with Gasteiger partial charge >= 0.3 is 0 Å². The molecule has 0 aliphatic carbocycles. The zero-order valence-corrected chi connectivity index (χ0v) is 22.3. The van der Waals surface area contributed by atoms with Gasteiger partial charge < -0.3 is 20.1 Å². The van der Waals surface area contributed by atoms with Gasteiger partial charge in [0.25, 0.3) is 11.8 Å². The van der Waals surface area contributed by atoms with Crippen LogP contribution in [0.4, 0.5) is 11.4 Å². The summed E-state index contributed by atoms with van der Waals surface area (Å²) in [5, 5.41) is 3.00.